The van der Waals surface area contributed by atoms with Gasteiger partial charge < -0.3 is 14.8 Å². The molecule has 2 heterocycles. The van der Waals surface area contributed by atoms with Gasteiger partial charge in [0, 0.05) is 30.5 Å². The summed E-state index contributed by atoms with van der Waals surface area (Å²) in [5.74, 6) is 0.831. The first kappa shape index (κ1) is 19.6. The zero-order valence-electron chi connectivity index (χ0n) is 17.1. The van der Waals surface area contributed by atoms with Gasteiger partial charge in [0.25, 0.3) is 5.56 Å². The van der Waals surface area contributed by atoms with Gasteiger partial charge in [-0.15, -0.1) is 0 Å². The van der Waals surface area contributed by atoms with Crippen LogP contribution in [0.2, 0.25) is 0 Å². The molecule has 0 bridgehead atoms. The molecule has 0 saturated heterocycles. The number of aliphatic hydroxyl groups is 1. The van der Waals surface area contributed by atoms with Crippen LogP contribution >= 0.6 is 0 Å². The van der Waals surface area contributed by atoms with E-state index in [9.17, 15) is 9.90 Å². The highest BCUT2D eigenvalue weighted by molar-refractivity contribution is 5.40. The molecule has 28 heavy (non-hydrogen) atoms. The topological polar surface area (TPSA) is 78.5 Å². The molecule has 3 aliphatic rings. The summed E-state index contributed by atoms with van der Waals surface area (Å²) < 4.78 is 5.69. The maximum Gasteiger partial charge on any atom is 0.254 e. The molecule has 0 amide bonds. The van der Waals surface area contributed by atoms with Gasteiger partial charge in [-0.25, -0.2) is 4.98 Å². The quantitative estimate of drug-likeness (QED) is 0.779. The second kappa shape index (κ2) is 7.25. The fraction of sp³-hybridized carbons (Fsp3) is 0.636. The Bertz CT molecular complexity index is 859. The number of H-pyrrole nitrogens is 1. The second-order valence-electron chi connectivity index (χ2n) is 9.17. The van der Waals surface area contributed by atoms with Gasteiger partial charge in [0.15, 0.2) is 0 Å². The van der Waals surface area contributed by atoms with E-state index in [-0.39, 0.29) is 11.0 Å². The lowest BCUT2D eigenvalue weighted by atomic mass is 9.88. The lowest BCUT2D eigenvalue weighted by Gasteiger charge is -2.31. The molecule has 1 aromatic heterocycles. The van der Waals surface area contributed by atoms with Crippen LogP contribution in [0.1, 0.15) is 63.5 Å². The van der Waals surface area contributed by atoms with Crippen LogP contribution < -0.4 is 5.56 Å². The molecule has 0 aromatic carbocycles. The zero-order chi connectivity index (χ0) is 19.9. The predicted octanol–water partition coefficient (Wildman–Crippen LogP) is 2.57. The number of nitrogens with one attached hydrogen (secondary N) is 1. The Balaban J connectivity index is 1.57. The average Bonchev–Trinajstić information content (AvgIpc) is 3.45. The third kappa shape index (κ3) is 3.86. The Labute approximate surface area is 166 Å². The van der Waals surface area contributed by atoms with Crippen molar-refractivity contribution >= 4 is 0 Å². The number of rotatable bonds is 4. The molecule has 0 radical (unpaired) electrons. The SMILES string of the molecule is CC(C)(C)OC(O)N1CCc2nc(C3(C4=CC=CCC4)CC3)[nH]c(=O)c2CC1. The minimum absolute atomic E-state index is 0.0219. The van der Waals surface area contributed by atoms with E-state index in [1.807, 2.05) is 25.7 Å². The molecular weight excluding hydrogens is 354 g/mol. The molecule has 1 unspecified atom stereocenters. The number of aromatic nitrogens is 2. The van der Waals surface area contributed by atoms with Gasteiger partial charge >= 0.3 is 0 Å². The highest BCUT2D eigenvalue weighted by atomic mass is 16.6. The van der Waals surface area contributed by atoms with Crippen LogP contribution in [-0.4, -0.2) is 45.1 Å². The number of aliphatic hydroxyl groups excluding tert-OH is 1. The highest BCUT2D eigenvalue weighted by Gasteiger charge is 2.49. The Kier molecular flexibility index (Phi) is 5.06. The van der Waals surface area contributed by atoms with Gasteiger partial charge in [0.05, 0.1) is 11.3 Å². The fourth-order valence-electron chi connectivity index (χ4n) is 4.30. The maximum atomic E-state index is 12.9. The standard InChI is InChI=1S/C22H31N3O3/c1-21(2,3)28-20(27)25-13-9-16-17(10-14-25)23-19(24-18(16)26)22(11-12-22)15-7-5-4-6-8-15/h4-5,7,20,27H,6,8-14H2,1-3H3,(H,23,24,26). The first-order chi connectivity index (χ1) is 13.3. The number of nitrogens with zero attached hydrogens (tertiary/aromatic N) is 2. The van der Waals surface area contributed by atoms with Crippen molar-refractivity contribution < 1.29 is 9.84 Å². The summed E-state index contributed by atoms with van der Waals surface area (Å²) >= 11 is 0. The Morgan fingerprint density at radius 3 is 2.64 bits per heavy atom. The van der Waals surface area contributed by atoms with Crippen LogP contribution in [0.3, 0.4) is 0 Å². The Hall–Kier alpha value is -1.76. The van der Waals surface area contributed by atoms with E-state index < -0.39 is 12.0 Å². The third-order valence-electron chi connectivity index (χ3n) is 5.99. The van der Waals surface area contributed by atoms with Crippen molar-refractivity contribution in [2.24, 2.45) is 0 Å². The molecule has 6 nitrogen and oxygen atoms in total. The lowest BCUT2D eigenvalue weighted by Crippen LogP contribution is -2.43. The summed E-state index contributed by atoms with van der Waals surface area (Å²) in [6.07, 6.45) is 11.0. The summed E-state index contributed by atoms with van der Waals surface area (Å²) in [5.41, 5.74) is 2.50. The van der Waals surface area contributed by atoms with Gasteiger partial charge in [-0.1, -0.05) is 23.8 Å². The summed E-state index contributed by atoms with van der Waals surface area (Å²) in [7, 11) is 0. The van der Waals surface area contributed by atoms with Crippen LogP contribution in [0, 0.1) is 0 Å². The number of aromatic amines is 1. The predicted molar refractivity (Wildman–Crippen MR) is 108 cm³/mol. The van der Waals surface area contributed by atoms with Crippen LogP contribution in [-0.2, 0) is 23.0 Å². The minimum Gasteiger partial charge on any atom is -0.356 e. The number of hydrogen-bond acceptors (Lipinski definition) is 5. The van der Waals surface area contributed by atoms with Gasteiger partial charge in [-0.05, 0) is 52.9 Å². The normalized spacial score (nSPS) is 22.9. The van der Waals surface area contributed by atoms with Crippen LogP contribution in [0.4, 0.5) is 0 Å². The summed E-state index contributed by atoms with van der Waals surface area (Å²) in [4.78, 5) is 22.8. The van der Waals surface area contributed by atoms with E-state index in [0.717, 1.165) is 42.8 Å². The van der Waals surface area contributed by atoms with Crippen LogP contribution in [0.15, 0.2) is 28.6 Å². The maximum absolute atomic E-state index is 12.9. The number of fused-ring (bicyclic) bond motifs is 1. The number of hydrogen-bond donors (Lipinski definition) is 2. The smallest absolute Gasteiger partial charge is 0.254 e. The van der Waals surface area contributed by atoms with Gasteiger partial charge in [0.2, 0.25) is 6.41 Å². The second-order valence-corrected chi connectivity index (χ2v) is 9.17. The van der Waals surface area contributed by atoms with Gasteiger partial charge in [-0.2, -0.15) is 0 Å². The van der Waals surface area contributed by atoms with E-state index in [1.165, 1.54) is 5.57 Å². The minimum atomic E-state index is -0.971. The van der Waals surface area contributed by atoms with E-state index in [4.69, 9.17) is 9.72 Å². The molecule has 2 aliphatic carbocycles. The monoisotopic (exact) mass is 385 g/mol. The molecule has 0 spiro atoms. The molecule has 1 aromatic rings. The third-order valence-corrected chi connectivity index (χ3v) is 5.99. The molecule has 1 atom stereocenters. The zero-order valence-corrected chi connectivity index (χ0v) is 17.1. The van der Waals surface area contributed by atoms with Crippen molar-refractivity contribution in [3.05, 3.63) is 51.2 Å². The lowest BCUT2D eigenvalue weighted by molar-refractivity contribution is -0.238. The van der Waals surface area contributed by atoms with Crippen LogP contribution in [0.5, 0.6) is 0 Å². The molecule has 4 rings (SSSR count). The summed E-state index contributed by atoms with van der Waals surface area (Å²) in [6.45, 7) is 6.97. The van der Waals surface area contributed by atoms with Crippen molar-refractivity contribution in [1.29, 1.82) is 0 Å². The van der Waals surface area contributed by atoms with Gasteiger partial charge in [0.1, 0.15) is 5.82 Å². The van der Waals surface area contributed by atoms with Crippen molar-refractivity contribution in [2.75, 3.05) is 13.1 Å². The first-order valence-corrected chi connectivity index (χ1v) is 10.4. The molecular formula is C22H31N3O3. The molecule has 1 saturated carbocycles. The number of ether oxygens (including phenoxy) is 1. The Morgan fingerprint density at radius 1 is 1.25 bits per heavy atom. The van der Waals surface area contributed by atoms with E-state index in [2.05, 4.69) is 23.2 Å². The van der Waals surface area contributed by atoms with Gasteiger partial charge in [-0.3, -0.25) is 9.69 Å². The molecule has 2 N–H and O–H groups in total. The highest BCUT2D eigenvalue weighted by Crippen LogP contribution is 2.54. The largest absolute Gasteiger partial charge is 0.356 e. The summed E-state index contributed by atoms with van der Waals surface area (Å²) in [6, 6.07) is 0. The molecule has 1 aliphatic heterocycles. The summed E-state index contributed by atoms with van der Waals surface area (Å²) in [5, 5.41) is 10.4. The molecule has 1 fully saturated rings. The van der Waals surface area contributed by atoms with E-state index in [0.29, 0.717) is 25.9 Å². The first-order valence-electron chi connectivity index (χ1n) is 10.4. The fourth-order valence-corrected chi connectivity index (χ4v) is 4.30. The van der Waals surface area contributed by atoms with E-state index >= 15 is 0 Å². The van der Waals surface area contributed by atoms with Crippen molar-refractivity contribution in [3.8, 4) is 0 Å². The van der Waals surface area contributed by atoms with Crippen molar-refractivity contribution in [2.45, 2.75) is 76.7 Å². The Morgan fingerprint density at radius 2 is 2.00 bits per heavy atom. The average molecular weight is 386 g/mol. The number of allylic oxidation sites excluding steroid dienone is 4. The van der Waals surface area contributed by atoms with Crippen molar-refractivity contribution in [1.82, 2.24) is 14.9 Å². The van der Waals surface area contributed by atoms with Crippen LogP contribution in [0.25, 0.3) is 0 Å². The van der Waals surface area contributed by atoms with Crippen molar-refractivity contribution in [3.63, 3.8) is 0 Å². The molecule has 152 valence electrons. The molecule has 6 heteroatoms. The van der Waals surface area contributed by atoms with E-state index in [1.54, 1.807) is 0 Å².